The summed E-state index contributed by atoms with van der Waals surface area (Å²) in [6.07, 6.45) is 1.96. The van der Waals surface area contributed by atoms with Crippen molar-refractivity contribution in [1.82, 2.24) is 4.98 Å². The minimum atomic E-state index is 0.00136. The third-order valence-corrected chi connectivity index (χ3v) is 4.94. The lowest BCUT2D eigenvalue weighted by molar-refractivity contribution is -0.361. The summed E-state index contributed by atoms with van der Waals surface area (Å²) in [5.41, 5.74) is 5.92. The van der Waals surface area contributed by atoms with E-state index >= 15 is 0 Å². The van der Waals surface area contributed by atoms with Gasteiger partial charge in [0.1, 0.15) is 6.04 Å². The van der Waals surface area contributed by atoms with Crippen molar-refractivity contribution in [3.63, 3.8) is 0 Å². The summed E-state index contributed by atoms with van der Waals surface area (Å²) in [5.74, 6) is 0.981. The van der Waals surface area contributed by atoms with Crippen molar-refractivity contribution in [2.24, 2.45) is 0 Å². The van der Waals surface area contributed by atoms with Gasteiger partial charge in [0.15, 0.2) is 0 Å². The van der Waals surface area contributed by atoms with Gasteiger partial charge in [-0.1, -0.05) is 41.9 Å². The van der Waals surface area contributed by atoms with Gasteiger partial charge >= 0.3 is 0 Å². The fraction of sp³-hybridized carbons (Fsp3) is 0.136. The fourth-order valence-electron chi connectivity index (χ4n) is 3.47. The first-order valence-electron chi connectivity index (χ1n) is 8.69. The van der Waals surface area contributed by atoms with Crippen molar-refractivity contribution in [1.29, 1.82) is 0 Å². The Kier molecular flexibility index (Phi) is 4.39. The molecule has 4 rings (SSSR count). The van der Waals surface area contributed by atoms with Gasteiger partial charge in [-0.25, -0.2) is 4.98 Å². The molecule has 0 amide bonds. The summed E-state index contributed by atoms with van der Waals surface area (Å²) in [6.45, 7) is 4.22. The Balaban J connectivity index is 1.87. The second-order valence-electron chi connectivity index (χ2n) is 6.62. The lowest BCUT2D eigenvalue weighted by atomic mass is 9.96. The molecule has 1 unspecified atom stereocenters. The maximum Gasteiger partial charge on any atom is 0.273 e. The van der Waals surface area contributed by atoms with E-state index in [2.05, 4.69) is 77.7 Å². The van der Waals surface area contributed by atoms with Crippen molar-refractivity contribution in [2.75, 3.05) is 5.32 Å². The quantitative estimate of drug-likeness (QED) is 0.497. The molecule has 2 aromatic heterocycles. The standard InChI is InChI=1S/C22H20ClN3/c1-14-11-12-24-20(13-14)26-22(16-7-9-17(23)10-8-16)21-15(2)25-19-6-4-3-5-18(19)21/h3-13,22,25H,1-2H3,(H,24,26)/p+1. The topological polar surface area (TPSA) is 42.0 Å². The van der Waals surface area contributed by atoms with Crippen LogP contribution in [0.5, 0.6) is 0 Å². The van der Waals surface area contributed by atoms with Crippen LogP contribution < -0.4 is 10.3 Å². The van der Waals surface area contributed by atoms with Crippen LogP contribution in [0.1, 0.15) is 28.4 Å². The third-order valence-electron chi connectivity index (χ3n) is 4.69. The van der Waals surface area contributed by atoms with Crippen LogP contribution in [0, 0.1) is 13.8 Å². The van der Waals surface area contributed by atoms with Crippen LogP contribution in [-0.4, -0.2) is 4.98 Å². The summed E-state index contributed by atoms with van der Waals surface area (Å²) in [5, 5.41) is 5.64. The normalized spacial score (nSPS) is 12.3. The predicted octanol–water partition coefficient (Wildman–Crippen LogP) is 5.45. The molecule has 2 aromatic carbocycles. The number of aromatic amines is 2. The van der Waals surface area contributed by atoms with Crippen molar-refractivity contribution in [3.05, 3.63) is 94.3 Å². The van der Waals surface area contributed by atoms with E-state index in [0.29, 0.717) is 0 Å². The Morgan fingerprint density at radius 1 is 1.00 bits per heavy atom. The smallest absolute Gasteiger partial charge is 0.273 e. The van der Waals surface area contributed by atoms with Crippen LogP contribution in [0.4, 0.5) is 5.82 Å². The molecule has 4 aromatic rings. The van der Waals surface area contributed by atoms with Gasteiger partial charge in [0.05, 0.1) is 6.20 Å². The van der Waals surface area contributed by atoms with E-state index in [1.807, 2.05) is 18.3 Å². The molecule has 0 aliphatic rings. The summed E-state index contributed by atoms with van der Waals surface area (Å²) in [7, 11) is 0. The largest absolute Gasteiger partial charge is 0.358 e. The molecular formula is C22H21ClN3+. The molecule has 26 heavy (non-hydrogen) atoms. The van der Waals surface area contributed by atoms with Crippen LogP contribution in [0.15, 0.2) is 66.9 Å². The minimum absolute atomic E-state index is 0.00136. The Labute approximate surface area is 158 Å². The molecule has 4 heteroatoms. The van der Waals surface area contributed by atoms with Crippen molar-refractivity contribution in [2.45, 2.75) is 19.9 Å². The number of fused-ring (bicyclic) bond motifs is 1. The van der Waals surface area contributed by atoms with E-state index in [-0.39, 0.29) is 6.04 Å². The fourth-order valence-corrected chi connectivity index (χ4v) is 3.59. The van der Waals surface area contributed by atoms with Crippen LogP contribution in [0.2, 0.25) is 5.02 Å². The monoisotopic (exact) mass is 362 g/mol. The molecular weight excluding hydrogens is 342 g/mol. The predicted molar refractivity (Wildman–Crippen MR) is 108 cm³/mol. The van der Waals surface area contributed by atoms with E-state index in [1.54, 1.807) is 0 Å². The number of hydrogen-bond acceptors (Lipinski definition) is 1. The molecule has 1 atom stereocenters. The number of nitrogens with one attached hydrogen (secondary N) is 3. The van der Waals surface area contributed by atoms with Crippen molar-refractivity contribution >= 4 is 28.3 Å². The molecule has 0 aliphatic carbocycles. The van der Waals surface area contributed by atoms with E-state index in [9.17, 15) is 0 Å². The number of aromatic nitrogens is 2. The SMILES string of the molecule is Cc1cc[nH+]c(NC(c2ccc(Cl)cc2)c2c(C)[nH]c3ccccc23)c1. The van der Waals surface area contributed by atoms with Crippen LogP contribution in [0.3, 0.4) is 0 Å². The van der Waals surface area contributed by atoms with E-state index < -0.39 is 0 Å². The molecule has 0 radical (unpaired) electrons. The first-order chi connectivity index (χ1) is 12.6. The first-order valence-corrected chi connectivity index (χ1v) is 9.07. The molecule has 2 heterocycles. The number of pyridine rings is 1. The lowest BCUT2D eigenvalue weighted by Gasteiger charge is -2.16. The number of anilines is 1. The van der Waals surface area contributed by atoms with Gasteiger partial charge in [0.2, 0.25) is 0 Å². The summed E-state index contributed by atoms with van der Waals surface area (Å²) in [4.78, 5) is 6.81. The Bertz CT molecular complexity index is 1050. The van der Waals surface area contributed by atoms with Crippen LogP contribution in [0.25, 0.3) is 10.9 Å². The Morgan fingerprint density at radius 3 is 2.54 bits per heavy atom. The molecule has 0 saturated carbocycles. The number of para-hydroxylation sites is 1. The van der Waals surface area contributed by atoms with Crippen molar-refractivity contribution < 1.29 is 4.98 Å². The summed E-state index contributed by atoms with van der Waals surface area (Å²) < 4.78 is 0. The number of benzene rings is 2. The highest BCUT2D eigenvalue weighted by atomic mass is 35.5. The third kappa shape index (κ3) is 3.18. The molecule has 3 N–H and O–H groups in total. The van der Waals surface area contributed by atoms with Gasteiger partial charge in [-0.2, -0.15) is 0 Å². The van der Waals surface area contributed by atoms with E-state index in [1.165, 1.54) is 16.5 Å². The Hall–Kier alpha value is -2.78. The molecule has 130 valence electrons. The number of halogens is 1. The molecule has 3 nitrogen and oxygen atoms in total. The van der Waals surface area contributed by atoms with E-state index in [0.717, 1.165) is 27.6 Å². The number of H-pyrrole nitrogens is 2. The van der Waals surface area contributed by atoms with E-state index in [4.69, 9.17) is 11.6 Å². The molecule has 0 fully saturated rings. The van der Waals surface area contributed by atoms with Gasteiger partial charge in [-0.3, -0.25) is 5.32 Å². The van der Waals surface area contributed by atoms with Crippen LogP contribution >= 0.6 is 11.6 Å². The summed E-state index contributed by atoms with van der Waals surface area (Å²) in [6, 6.07) is 20.6. The lowest BCUT2D eigenvalue weighted by Crippen LogP contribution is -2.19. The molecule has 0 bridgehead atoms. The maximum absolute atomic E-state index is 6.12. The van der Waals surface area contributed by atoms with Gasteiger partial charge in [0, 0.05) is 38.8 Å². The minimum Gasteiger partial charge on any atom is -0.358 e. The second-order valence-corrected chi connectivity index (χ2v) is 7.05. The van der Waals surface area contributed by atoms with Gasteiger partial charge in [-0.05, 0) is 43.7 Å². The van der Waals surface area contributed by atoms with Crippen molar-refractivity contribution in [3.8, 4) is 0 Å². The maximum atomic E-state index is 6.12. The second kappa shape index (κ2) is 6.85. The highest BCUT2D eigenvalue weighted by Crippen LogP contribution is 2.34. The summed E-state index contributed by atoms with van der Waals surface area (Å²) >= 11 is 6.12. The zero-order chi connectivity index (χ0) is 18.1. The number of hydrogen-bond donors (Lipinski definition) is 2. The van der Waals surface area contributed by atoms with Gasteiger partial charge < -0.3 is 4.98 Å². The van der Waals surface area contributed by atoms with Gasteiger partial charge in [-0.15, -0.1) is 0 Å². The zero-order valence-electron chi connectivity index (χ0n) is 14.8. The number of rotatable bonds is 4. The molecule has 0 aliphatic heterocycles. The highest BCUT2D eigenvalue weighted by Gasteiger charge is 2.25. The molecule has 0 spiro atoms. The molecule has 0 saturated heterocycles. The first kappa shape index (κ1) is 16.7. The van der Waals surface area contributed by atoms with Gasteiger partial charge in [0.25, 0.3) is 5.82 Å². The average molecular weight is 363 g/mol. The highest BCUT2D eigenvalue weighted by molar-refractivity contribution is 6.30. The Morgan fingerprint density at radius 2 is 1.77 bits per heavy atom. The van der Waals surface area contributed by atoms with Crippen LogP contribution in [-0.2, 0) is 0 Å². The average Bonchev–Trinajstić information content (AvgIpc) is 2.96. The zero-order valence-corrected chi connectivity index (χ0v) is 15.6. The number of aryl methyl sites for hydroxylation is 2.